The molecular weight excluding hydrogens is 288 g/mol. The number of hydrogen-bond donors (Lipinski definition) is 1. The summed E-state index contributed by atoms with van der Waals surface area (Å²) in [7, 11) is 0. The van der Waals surface area contributed by atoms with Crippen LogP contribution in [0.25, 0.3) is 0 Å². The minimum absolute atomic E-state index is 0.178. The molecule has 1 aromatic heterocycles. The van der Waals surface area contributed by atoms with E-state index in [1.165, 1.54) is 4.68 Å². The van der Waals surface area contributed by atoms with Gasteiger partial charge in [0.25, 0.3) is 5.56 Å². The predicted molar refractivity (Wildman–Crippen MR) is 87.3 cm³/mol. The monoisotopic (exact) mass is 312 g/mol. The first kappa shape index (κ1) is 16.3. The van der Waals surface area contributed by atoms with E-state index in [0.717, 1.165) is 51.0 Å². The van der Waals surface area contributed by atoms with Gasteiger partial charge in [-0.1, -0.05) is 25.4 Å². The summed E-state index contributed by atoms with van der Waals surface area (Å²) in [6.07, 6.45) is 5.92. The predicted octanol–water partition coefficient (Wildman–Crippen LogP) is 2.28. The topological polar surface area (TPSA) is 50.2 Å². The fraction of sp³-hybridized carbons (Fsp3) is 0.733. The molecule has 21 heavy (non-hydrogen) atoms. The van der Waals surface area contributed by atoms with Crippen molar-refractivity contribution in [3.05, 3.63) is 21.6 Å². The molecule has 2 rings (SSSR count). The zero-order valence-corrected chi connectivity index (χ0v) is 13.7. The number of rotatable bonds is 6. The highest BCUT2D eigenvalue weighted by Gasteiger charge is 2.22. The maximum Gasteiger partial charge on any atom is 0.287 e. The van der Waals surface area contributed by atoms with E-state index in [2.05, 4.69) is 22.2 Å². The van der Waals surface area contributed by atoms with Crippen LogP contribution >= 0.6 is 11.6 Å². The quantitative estimate of drug-likeness (QED) is 0.875. The van der Waals surface area contributed by atoms with Crippen LogP contribution in [0.1, 0.15) is 39.5 Å². The molecule has 1 aromatic rings. The van der Waals surface area contributed by atoms with Crippen molar-refractivity contribution in [1.82, 2.24) is 15.1 Å². The normalized spacial score (nSPS) is 16.4. The number of anilines is 1. The van der Waals surface area contributed by atoms with Crippen LogP contribution in [0.15, 0.2) is 11.0 Å². The smallest absolute Gasteiger partial charge is 0.287 e. The Morgan fingerprint density at radius 1 is 1.33 bits per heavy atom. The molecule has 0 aromatic carbocycles. The maximum atomic E-state index is 12.2. The minimum Gasteiger partial charge on any atom is -0.369 e. The van der Waals surface area contributed by atoms with Gasteiger partial charge in [-0.15, -0.1) is 0 Å². The summed E-state index contributed by atoms with van der Waals surface area (Å²) in [6.45, 7) is 7.71. The van der Waals surface area contributed by atoms with Gasteiger partial charge in [-0.05, 0) is 32.2 Å². The molecule has 1 aliphatic rings. The number of aryl methyl sites for hydroxylation is 1. The standard InChI is InChI=1S/C15H25ClN4O/c1-3-7-17-12-5-9-19(10-6-12)13-11-18-20(8-4-2)15(21)14(13)16/h11-12,17H,3-10H2,1-2H3. The summed E-state index contributed by atoms with van der Waals surface area (Å²) in [6, 6.07) is 0.577. The van der Waals surface area contributed by atoms with Gasteiger partial charge in [-0.2, -0.15) is 5.10 Å². The molecule has 0 bridgehead atoms. The first-order chi connectivity index (χ1) is 10.2. The molecule has 1 aliphatic heterocycles. The van der Waals surface area contributed by atoms with E-state index in [4.69, 9.17) is 11.6 Å². The van der Waals surface area contributed by atoms with E-state index in [1.54, 1.807) is 6.20 Å². The number of halogens is 1. The van der Waals surface area contributed by atoms with Crippen molar-refractivity contribution in [2.45, 2.75) is 52.1 Å². The Hall–Kier alpha value is -1.07. The number of nitrogens with zero attached hydrogens (tertiary/aromatic N) is 3. The first-order valence-electron chi connectivity index (χ1n) is 7.91. The second-order valence-corrected chi connectivity index (χ2v) is 5.97. The van der Waals surface area contributed by atoms with Crippen molar-refractivity contribution in [3.63, 3.8) is 0 Å². The second kappa shape index (κ2) is 7.80. The Bertz CT molecular complexity index is 509. The van der Waals surface area contributed by atoms with Crippen LogP contribution in [0.4, 0.5) is 5.69 Å². The lowest BCUT2D eigenvalue weighted by Crippen LogP contribution is -2.43. The van der Waals surface area contributed by atoms with Crippen molar-refractivity contribution in [2.24, 2.45) is 0 Å². The van der Waals surface area contributed by atoms with Crippen LogP contribution in [-0.2, 0) is 6.54 Å². The zero-order valence-electron chi connectivity index (χ0n) is 12.9. The van der Waals surface area contributed by atoms with E-state index < -0.39 is 0 Å². The van der Waals surface area contributed by atoms with Gasteiger partial charge in [-0.25, -0.2) is 4.68 Å². The molecule has 0 amide bonds. The highest BCUT2D eigenvalue weighted by molar-refractivity contribution is 6.33. The van der Waals surface area contributed by atoms with E-state index >= 15 is 0 Å². The lowest BCUT2D eigenvalue weighted by Gasteiger charge is -2.34. The highest BCUT2D eigenvalue weighted by atomic mass is 35.5. The van der Waals surface area contributed by atoms with Crippen LogP contribution in [0, 0.1) is 0 Å². The van der Waals surface area contributed by atoms with Gasteiger partial charge in [0, 0.05) is 25.7 Å². The molecule has 0 aliphatic carbocycles. The van der Waals surface area contributed by atoms with E-state index in [0.29, 0.717) is 17.6 Å². The maximum absolute atomic E-state index is 12.2. The summed E-state index contributed by atoms with van der Waals surface area (Å²) in [5, 5.41) is 8.09. The third-order valence-corrected chi connectivity index (χ3v) is 4.28. The van der Waals surface area contributed by atoms with E-state index in [1.807, 2.05) is 6.92 Å². The SMILES string of the molecule is CCCNC1CCN(c2cnn(CCC)c(=O)c2Cl)CC1. The number of nitrogens with one attached hydrogen (secondary N) is 1. The molecule has 0 atom stereocenters. The molecule has 0 unspecified atom stereocenters. The van der Waals surface area contributed by atoms with Crippen molar-refractivity contribution >= 4 is 17.3 Å². The third kappa shape index (κ3) is 3.98. The average molecular weight is 313 g/mol. The first-order valence-corrected chi connectivity index (χ1v) is 8.29. The van der Waals surface area contributed by atoms with Crippen LogP contribution < -0.4 is 15.8 Å². The van der Waals surface area contributed by atoms with Gasteiger partial charge in [0.2, 0.25) is 0 Å². The summed E-state index contributed by atoms with van der Waals surface area (Å²) in [4.78, 5) is 14.3. The molecule has 1 N–H and O–H groups in total. The molecule has 0 spiro atoms. The Morgan fingerprint density at radius 2 is 2.05 bits per heavy atom. The van der Waals surface area contributed by atoms with Crippen molar-refractivity contribution in [3.8, 4) is 0 Å². The number of hydrogen-bond acceptors (Lipinski definition) is 4. The molecule has 6 heteroatoms. The second-order valence-electron chi connectivity index (χ2n) is 5.59. The van der Waals surface area contributed by atoms with Crippen molar-refractivity contribution in [2.75, 3.05) is 24.5 Å². The van der Waals surface area contributed by atoms with Gasteiger partial charge in [0.15, 0.2) is 0 Å². The average Bonchev–Trinajstić information content (AvgIpc) is 2.51. The van der Waals surface area contributed by atoms with Crippen LogP contribution in [0.5, 0.6) is 0 Å². The van der Waals surface area contributed by atoms with Gasteiger partial charge in [0.1, 0.15) is 5.02 Å². The van der Waals surface area contributed by atoms with Gasteiger partial charge < -0.3 is 10.2 Å². The summed E-state index contributed by atoms with van der Waals surface area (Å²) in [5.74, 6) is 0. The Labute approximate surface area is 131 Å². The Balaban J connectivity index is 2.03. The number of piperidine rings is 1. The van der Waals surface area contributed by atoms with Crippen molar-refractivity contribution < 1.29 is 0 Å². The van der Waals surface area contributed by atoms with E-state index in [-0.39, 0.29) is 5.56 Å². The lowest BCUT2D eigenvalue weighted by atomic mass is 10.0. The summed E-state index contributed by atoms with van der Waals surface area (Å²) < 4.78 is 1.45. The Morgan fingerprint density at radius 3 is 2.67 bits per heavy atom. The third-order valence-electron chi connectivity index (χ3n) is 3.92. The molecule has 0 radical (unpaired) electrons. The zero-order chi connectivity index (χ0) is 15.2. The van der Waals surface area contributed by atoms with Crippen LogP contribution in [-0.4, -0.2) is 35.5 Å². The van der Waals surface area contributed by atoms with E-state index in [9.17, 15) is 4.79 Å². The molecule has 5 nitrogen and oxygen atoms in total. The molecule has 118 valence electrons. The van der Waals surface area contributed by atoms with Gasteiger partial charge in [-0.3, -0.25) is 4.79 Å². The minimum atomic E-state index is -0.178. The summed E-state index contributed by atoms with van der Waals surface area (Å²) >= 11 is 6.26. The van der Waals surface area contributed by atoms with Crippen molar-refractivity contribution in [1.29, 1.82) is 0 Å². The van der Waals surface area contributed by atoms with Crippen LogP contribution in [0.2, 0.25) is 5.02 Å². The fourth-order valence-electron chi connectivity index (χ4n) is 2.72. The summed E-state index contributed by atoms with van der Waals surface area (Å²) in [5.41, 5.74) is 0.602. The number of aromatic nitrogens is 2. The molecular formula is C15H25ClN4O. The molecule has 1 saturated heterocycles. The lowest BCUT2D eigenvalue weighted by molar-refractivity contribution is 0.415. The molecule has 0 saturated carbocycles. The van der Waals surface area contributed by atoms with Crippen LogP contribution in [0.3, 0.4) is 0 Å². The van der Waals surface area contributed by atoms with Gasteiger partial charge >= 0.3 is 0 Å². The van der Waals surface area contributed by atoms with Gasteiger partial charge in [0.05, 0.1) is 11.9 Å². The molecule has 1 fully saturated rings. The largest absolute Gasteiger partial charge is 0.369 e. The highest BCUT2D eigenvalue weighted by Crippen LogP contribution is 2.24. The Kier molecular flexibility index (Phi) is 6.06. The fourth-order valence-corrected chi connectivity index (χ4v) is 2.99. The molecule has 2 heterocycles.